The number of esters is 2. The van der Waals surface area contributed by atoms with Crippen LogP contribution in [0.5, 0.6) is 0 Å². The van der Waals surface area contributed by atoms with E-state index in [1.54, 1.807) is 27.7 Å². The van der Waals surface area contributed by atoms with Crippen molar-refractivity contribution in [2.75, 3.05) is 13.2 Å². The van der Waals surface area contributed by atoms with Crippen LogP contribution in [0, 0.1) is 5.92 Å². The monoisotopic (exact) mass is 273 g/mol. The Balaban J connectivity index is 4.45. The van der Waals surface area contributed by atoms with Crippen molar-refractivity contribution in [1.82, 2.24) is 5.32 Å². The van der Waals surface area contributed by atoms with Crippen LogP contribution in [0.1, 0.15) is 40.5 Å². The molecule has 0 heterocycles. The van der Waals surface area contributed by atoms with Crippen LogP contribution in [-0.4, -0.2) is 37.1 Å². The van der Waals surface area contributed by atoms with Crippen molar-refractivity contribution in [2.45, 2.75) is 46.6 Å². The van der Waals surface area contributed by atoms with Gasteiger partial charge in [0.2, 0.25) is 5.91 Å². The van der Waals surface area contributed by atoms with Gasteiger partial charge in [0.1, 0.15) is 6.04 Å². The molecule has 6 nitrogen and oxygen atoms in total. The lowest BCUT2D eigenvalue weighted by Gasteiger charge is -2.18. The lowest BCUT2D eigenvalue weighted by Crippen LogP contribution is -2.43. The molecule has 0 rings (SSSR count). The maximum Gasteiger partial charge on any atom is 0.328 e. The van der Waals surface area contributed by atoms with Gasteiger partial charge in [-0.2, -0.15) is 0 Å². The summed E-state index contributed by atoms with van der Waals surface area (Å²) in [5.74, 6) is -1.40. The van der Waals surface area contributed by atoms with Crippen LogP contribution in [0.3, 0.4) is 0 Å². The second kappa shape index (κ2) is 9.35. The molecule has 110 valence electrons. The minimum atomic E-state index is -0.806. The molecule has 0 aliphatic rings. The van der Waals surface area contributed by atoms with Gasteiger partial charge in [-0.25, -0.2) is 4.79 Å². The largest absolute Gasteiger partial charge is 0.466 e. The average Bonchev–Trinajstić information content (AvgIpc) is 2.34. The fourth-order valence-electron chi connectivity index (χ4n) is 1.33. The first-order chi connectivity index (χ1) is 8.92. The predicted molar refractivity (Wildman–Crippen MR) is 69.3 cm³/mol. The summed E-state index contributed by atoms with van der Waals surface area (Å²) in [5, 5.41) is 2.58. The van der Waals surface area contributed by atoms with Gasteiger partial charge in [-0.3, -0.25) is 9.59 Å². The van der Waals surface area contributed by atoms with E-state index in [0.29, 0.717) is 6.61 Å². The molecule has 0 spiro atoms. The molecule has 1 amide bonds. The van der Waals surface area contributed by atoms with Crippen LogP contribution in [0.25, 0.3) is 0 Å². The summed E-state index contributed by atoms with van der Waals surface area (Å²) in [4.78, 5) is 34.5. The van der Waals surface area contributed by atoms with Crippen LogP contribution in [0.4, 0.5) is 0 Å². The van der Waals surface area contributed by atoms with Crippen molar-refractivity contribution in [1.29, 1.82) is 0 Å². The Morgan fingerprint density at radius 2 is 1.63 bits per heavy atom. The molecule has 0 aromatic carbocycles. The zero-order valence-corrected chi connectivity index (χ0v) is 12.0. The summed E-state index contributed by atoms with van der Waals surface area (Å²) < 4.78 is 9.65. The highest BCUT2D eigenvalue weighted by molar-refractivity contribution is 5.85. The molecule has 0 aromatic heterocycles. The Bertz CT molecular complexity index is 314. The number of carbonyl (C=O) groups is 3. The van der Waals surface area contributed by atoms with Gasteiger partial charge in [0, 0.05) is 12.3 Å². The molecule has 1 N–H and O–H groups in total. The number of rotatable bonds is 8. The summed E-state index contributed by atoms with van der Waals surface area (Å²) in [6, 6.07) is -0.806. The fraction of sp³-hybridized carbons (Fsp3) is 0.769. The van der Waals surface area contributed by atoms with Gasteiger partial charge in [-0.1, -0.05) is 13.8 Å². The smallest absolute Gasteiger partial charge is 0.328 e. The van der Waals surface area contributed by atoms with Gasteiger partial charge in [0.05, 0.1) is 13.2 Å². The van der Waals surface area contributed by atoms with Crippen LogP contribution < -0.4 is 5.32 Å². The summed E-state index contributed by atoms with van der Waals surface area (Å²) in [5.41, 5.74) is 0. The Morgan fingerprint density at radius 1 is 1.05 bits per heavy atom. The number of hydrogen-bond acceptors (Lipinski definition) is 5. The van der Waals surface area contributed by atoms with Crippen LogP contribution in [0.2, 0.25) is 0 Å². The van der Waals surface area contributed by atoms with E-state index in [4.69, 9.17) is 9.47 Å². The van der Waals surface area contributed by atoms with Crippen LogP contribution >= 0.6 is 0 Å². The molecular formula is C13H23NO5. The van der Waals surface area contributed by atoms with Crippen molar-refractivity contribution in [3.05, 3.63) is 0 Å². The fourth-order valence-corrected chi connectivity index (χ4v) is 1.33. The minimum absolute atomic E-state index is 0.0652. The molecule has 1 atom stereocenters. The highest BCUT2D eigenvalue weighted by Crippen LogP contribution is 2.04. The predicted octanol–water partition coefficient (Wildman–Crippen LogP) is 1.03. The lowest BCUT2D eigenvalue weighted by molar-refractivity contribution is -0.149. The standard InChI is InChI=1S/C13H23NO5/c1-5-18-11(15)8-7-10(13(17)19-6-2)14-12(16)9(3)4/h9-10H,5-8H2,1-4H3,(H,14,16). The normalized spacial score (nSPS) is 11.8. The first-order valence-corrected chi connectivity index (χ1v) is 6.54. The molecule has 0 saturated heterocycles. The summed E-state index contributed by atoms with van der Waals surface area (Å²) in [7, 11) is 0. The third-order valence-electron chi connectivity index (χ3n) is 2.35. The number of carbonyl (C=O) groups excluding carboxylic acids is 3. The maximum atomic E-state index is 11.7. The van der Waals surface area contributed by atoms with Crippen LogP contribution in [0.15, 0.2) is 0 Å². The molecule has 0 radical (unpaired) electrons. The van der Waals surface area contributed by atoms with E-state index in [-0.39, 0.29) is 31.3 Å². The zero-order valence-electron chi connectivity index (χ0n) is 12.0. The van der Waals surface area contributed by atoms with E-state index in [1.165, 1.54) is 0 Å². The van der Waals surface area contributed by atoms with E-state index in [2.05, 4.69) is 5.32 Å². The molecule has 19 heavy (non-hydrogen) atoms. The molecule has 0 aliphatic carbocycles. The van der Waals surface area contributed by atoms with Crippen molar-refractivity contribution in [3.63, 3.8) is 0 Å². The number of amides is 1. The minimum Gasteiger partial charge on any atom is -0.466 e. The number of nitrogens with one attached hydrogen (secondary N) is 1. The molecule has 1 unspecified atom stereocenters. The van der Waals surface area contributed by atoms with Crippen molar-refractivity contribution in [3.8, 4) is 0 Å². The van der Waals surface area contributed by atoms with Crippen molar-refractivity contribution >= 4 is 17.8 Å². The lowest BCUT2D eigenvalue weighted by atomic mass is 10.1. The average molecular weight is 273 g/mol. The third-order valence-corrected chi connectivity index (χ3v) is 2.35. The highest BCUT2D eigenvalue weighted by atomic mass is 16.5. The van der Waals surface area contributed by atoms with Gasteiger partial charge >= 0.3 is 11.9 Å². The zero-order chi connectivity index (χ0) is 14.8. The van der Waals surface area contributed by atoms with Gasteiger partial charge in [-0.15, -0.1) is 0 Å². The summed E-state index contributed by atoms with van der Waals surface area (Å²) in [6.07, 6.45) is 0.242. The highest BCUT2D eigenvalue weighted by Gasteiger charge is 2.24. The SMILES string of the molecule is CCOC(=O)CCC(NC(=O)C(C)C)C(=O)OCC. The topological polar surface area (TPSA) is 81.7 Å². The van der Waals surface area contributed by atoms with E-state index in [9.17, 15) is 14.4 Å². The first-order valence-electron chi connectivity index (χ1n) is 6.54. The van der Waals surface area contributed by atoms with E-state index in [0.717, 1.165) is 0 Å². The van der Waals surface area contributed by atoms with Crippen molar-refractivity contribution in [2.24, 2.45) is 5.92 Å². The first kappa shape index (κ1) is 17.4. The second-order valence-corrected chi connectivity index (χ2v) is 4.31. The van der Waals surface area contributed by atoms with Crippen molar-refractivity contribution < 1.29 is 23.9 Å². The Labute approximate surface area is 113 Å². The summed E-state index contributed by atoms with van der Waals surface area (Å²) >= 11 is 0. The van der Waals surface area contributed by atoms with Gasteiger partial charge < -0.3 is 14.8 Å². The van der Waals surface area contributed by atoms with E-state index >= 15 is 0 Å². The molecule has 0 saturated carbocycles. The van der Waals surface area contributed by atoms with Gasteiger partial charge in [0.25, 0.3) is 0 Å². The Morgan fingerprint density at radius 3 is 2.11 bits per heavy atom. The second-order valence-electron chi connectivity index (χ2n) is 4.31. The summed E-state index contributed by atoms with van der Waals surface area (Å²) in [6.45, 7) is 7.37. The Kier molecular flexibility index (Phi) is 8.57. The Hall–Kier alpha value is -1.59. The molecule has 0 fully saturated rings. The molecule has 0 aliphatic heterocycles. The van der Waals surface area contributed by atoms with Gasteiger partial charge in [-0.05, 0) is 20.3 Å². The van der Waals surface area contributed by atoms with Gasteiger partial charge in [0.15, 0.2) is 0 Å². The number of ether oxygens (including phenoxy) is 2. The van der Waals surface area contributed by atoms with E-state index < -0.39 is 18.0 Å². The molecule has 0 aromatic rings. The maximum absolute atomic E-state index is 11.7. The van der Waals surface area contributed by atoms with E-state index in [1.807, 2.05) is 0 Å². The quantitative estimate of drug-likeness (QED) is 0.668. The third kappa shape index (κ3) is 7.43. The molecular weight excluding hydrogens is 250 g/mol. The molecule has 0 bridgehead atoms. The molecule has 6 heteroatoms. The number of hydrogen-bond donors (Lipinski definition) is 1. The van der Waals surface area contributed by atoms with Crippen LogP contribution in [-0.2, 0) is 23.9 Å².